The third kappa shape index (κ3) is 4.67. The lowest BCUT2D eigenvalue weighted by Crippen LogP contribution is -2.11. The van der Waals surface area contributed by atoms with Crippen LogP contribution in [0.2, 0.25) is 0 Å². The van der Waals surface area contributed by atoms with Gasteiger partial charge in [-0.25, -0.2) is 9.97 Å². The number of carbonyl (C=O) groups excluding carboxylic acids is 1. The number of carbonyl (C=O) groups is 1. The fraction of sp³-hybridized carbons (Fsp3) is 0.105. The molecule has 0 fully saturated rings. The molecule has 0 saturated carbocycles. The molecule has 0 spiro atoms. The molecule has 1 N–H and O–H groups in total. The Morgan fingerprint density at radius 1 is 0.958 bits per heavy atom. The largest absolute Gasteiger partial charge is 0.326 e. The monoisotopic (exact) mass is 335 g/mol. The van der Waals surface area contributed by atoms with Crippen molar-refractivity contribution in [2.24, 2.45) is 0 Å². The van der Waals surface area contributed by atoms with Crippen molar-refractivity contribution in [1.29, 1.82) is 0 Å². The molecule has 2 aromatic carbocycles. The van der Waals surface area contributed by atoms with Crippen molar-refractivity contribution < 1.29 is 4.79 Å². The second-order valence-electron chi connectivity index (χ2n) is 5.12. The van der Waals surface area contributed by atoms with E-state index in [0.717, 1.165) is 22.0 Å². The SMILES string of the molecule is O=C(CCSc1cc(-c2ccccc2)ncn1)Nc1ccccc1. The lowest BCUT2D eigenvalue weighted by molar-refractivity contribution is -0.115. The van der Waals surface area contributed by atoms with Crippen LogP contribution in [-0.4, -0.2) is 21.6 Å². The van der Waals surface area contributed by atoms with Gasteiger partial charge in [-0.1, -0.05) is 48.5 Å². The molecule has 0 aliphatic heterocycles. The first-order valence-electron chi connectivity index (χ1n) is 7.66. The Balaban J connectivity index is 1.53. The van der Waals surface area contributed by atoms with Crippen LogP contribution in [0.3, 0.4) is 0 Å². The van der Waals surface area contributed by atoms with Gasteiger partial charge in [0, 0.05) is 23.4 Å². The molecule has 4 nitrogen and oxygen atoms in total. The zero-order valence-electron chi connectivity index (χ0n) is 13.1. The van der Waals surface area contributed by atoms with Crippen molar-refractivity contribution in [2.75, 3.05) is 11.1 Å². The Labute approximate surface area is 145 Å². The smallest absolute Gasteiger partial charge is 0.225 e. The minimum Gasteiger partial charge on any atom is -0.326 e. The molecule has 3 rings (SSSR count). The Bertz CT molecular complexity index is 794. The number of aromatic nitrogens is 2. The first kappa shape index (κ1) is 16.2. The summed E-state index contributed by atoms with van der Waals surface area (Å²) in [6, 6.07) is 21.4. The van der Waals surface area contributed by atoms with Crippen LogP contribution in [-0.2, 0) is 4.79 Å². The summed E-state index contributed by atoms with van der Waals surface area (Å²) in [5.74, 6) is 0.676. The number of nitrogens with zero attached hydrogens (tertiary/aromatic N) is 2. The number of benzene rings is 2. The van der Waals surface area contributed by atoms with Gasteiger partial charge in [0.15, 0.2) is 0 Å². The van der Waals surface area contributed by atoms with Gasteiger partial charge in [-0.05, 0) is 18.2 Å². The van der Waals surface area contributed by atoms with Crippen LogP contribution in [0.25, 0.3) is 11.3 Å². The fourth-order valence-electron chi connectivity index (χ4n) is 2.18. The zero-order valence-corrected chi connectivity index (χ0v) is 13.9. The van der Waals surface area contributed by atoms with Crippen molar-refractivity contribution in [1.82, 2.24) is 9.97 Å². The van der Waals surface area contributed by atoms with Gasteiger partial charge in [0.25, 0.3) is 0 Å². The molecular formula is C19H17N3OS. The van der Waals surface area contributed by atoms with Gasteiger partial charge < -0.3 is 5.32 Å². The molecule has 0 unspecified atom stereocenters. The van der Waals surface area contributed by atoms with Gasteiger partial charge in [0.1, 0.15) is 6.33 Å². The van der Waals surface area contributed by atoms with Gasteiger partial charge in [0.2, 0.25) is 5.91 Å². The molecular weight excluding hydrogens is 318 g/mol. The van der Waals surface area contributed by atoms with E-state index < -0.39 is 0 Å². The number of amides is 1. The van der Waals surface area contributed by atoms with Crippen molar-refractivity contribution in [3.63, 3.8) is 0 Å². The maximum Gasteiger partial charge on any atom is 0.225 e. The predicted molar refractivity (Wildman–Crippen MR) is 97.9 cm³/mol. The maximum atomic E-state index is 11.9. The lowest BCUT2D eigenvalue weighted by Gasteiger charge is -2.05. The number of nitrogens with one attached hydrogen (secondary N) is 1. The summed E-state index contributed by atoms with van der Waals surface area (Å²) in [7, 11) is 0. The summed E-state index contributed by atoms with van der Waals surface area (Å²) in [4.78, 5) is 20.5. The van der Waals surface area contributed by atoms with E-state index >= 15 is 0 Å². The van der Waals surface area contributed by atoms with Gasteiger partial charge in [-0.3, -0.25) is 4.79 Å². The average Bonchev–Trinajstić information content (AvgIpc) is 2.63. The molecule has 0 saturated heterocycles. The van der Waals surface area contributed by atoms with Gasteiger partial charge in [-0.2, -0.15) is 0 Å². The molecule has 5 heteroatoms. The standard InChI is InChI=1S/C19H17N3OS/c23-18(22-16-9-5-2-6-10-16)11-12-24-19-13-17(20-14-21-19)15-7-3-1-4-8-15/h1-10,13-14H,11-12H2,(H,22,23). The van der Waals surface area contributed by atoms with Gasteiger partial charge in [0.05, 0.1) is 10.7 Å². The number of hydrogen-bond donors (Lipinski definition) is 1. The van der Waals surface area contributed by atoms with Crippen LogP contribution in [0.15, 0.2) is 78.1 Å². The summed E-state index contributed by atoms with van der Waals surface area (Å²) >= 11 is 1.56. The van der Waals surface area contributed by atoms with Crippen LogP contribution in [0, 0.1) is 0 Å². The van der Waals surface area contributed by atoms with E-state index in [0.29, 0.717) is 12.2 Å². The van der Waals surface area contributed by atoms with E-state index in [2.05, 4.69) is 15.3 Å². The van der Waals surface area contributed by atoms with E-state index in [1.807, 2.05) is 66.7 Å². The van der Waals surface area contributed by atoms with E-state index in [-0.39, 0.29) is 5.91 Å². The Morgan fingerprint density at radius 3 is 2.42 bits per heavy atom. The number of rotatable bonds is 6. The topological polar surface area (TPSA) is 54.9 Å². The highest BCUT2D eigenvalue weighted by Crippen LogP contribution is 2.22. The Morgan fingerprint density at radius 2 is 1.67 bits per heavy atom. The maximum absolute atomic E-state index is 11.9. The number of anilines is 1. The molecule has 3 aromatic rings. The Hall–Kier alpha value is -2.66. The van der Waals surface area contributed by atoms with Gasteiger partial charge >= 0.3 is 0 Å². The summed E-state index contributed by atoms with van der Waals surface area (Å²) < 4.78 is 0. The minimum atomic E-state index is 0.00559. The highest BCUT2D eigenvalue weighted by molar-refractivity contribution is 7.99. The summed E-state index contributed by atoms with van der Waals surface area (Å²) in [6.07, 6.45) is 2.00. The summed E-state index contributed by atoms with van der Waals surface area (Å²) in [5.41, 5.74) is 2.77. The van der Waals surface area contributed by atoms with Crippen molar-refractivity contribution >= 4 is 23.4 Å². The molecule has 1 heterocycles. The molecule has 0 aliphatic rings. The number of thioether (sulfide) groups is 1. The minimum absolute atomic E-state index is 0.00559. The van der Waals surface area contributed by atoms with Crippen LogP contribution in [0.5, 0.6) is 0 Å². The van der Waals surface area contributed by atoms with E-state index in [9.17, 15) is 4.79 Å². The first-order chi connectivity index (χ1) is 11.8. The molecule has 120 valence electrons. The van der Waals surface area contributed by atoms with Crippen LogP contribution >= 0.6 is 11.8 Å². The molecule has 1 aromatic heterocycles. The fourth-order valence-corrected chi connectivity index (χ4v) is 2.99. The summed E-state index contributed by atoms with van der Waals surface area (Å²) in [5, 5.41) is 3.75. The van der Waals surface area contributed by atoms with Crippen molar-refractivity contribution in [2.45, 2.75) is 11.4 Å². The van der Waals surface area contributed by atoms with Crippen molar-refractivity contribution in [3.05, 3.63) is 73.1 Å². The zero-order chi connectivity index (χ0) is 16.6. The number of para-hydroxylation sites is 1. The first-order valence-corrected chi connectivity index (χ1v) is 8.65. The second kappa shape index (κ2) is 8.26. The molecule has 0 bridgehead atoms. The third-order valence-corrected chi connectivity index (χ3v) is 4.28. The van der Waals surface area contributed by atoms with Gasteiger partial charge in [-0.15, -0.1) is 11.8 Å². The predicted octanol–water partition coefficient (Wildman–Crippen LogP) is 4.26. The van der Waals surface area contributed by atoms with E-state index in [4.69, 9.17) is 0 Å². The Kier molecular flexibility index (Phi) is 5.58. The highest BCUT2D eigenvalue weighted by atomic mass is 32.2. The second-order valence-corrected chi connectivity index (χ2v) is 6.24. The van der Waals surface area contributed by atoms with Crippen LogP contribution < -0.4 is 5.32 Å². The van der Waals surface area contributed by atoms with E-state index in [1.54, 1.807) is 18.1 Å². The van der Waals surface area contributed by atoms with Crippen molar-refractivity contribution in [3.8, 4) is 11.3 Å². The normalized spacial score (nSPS) is 10.3. The molecule has 24 heavy (non-hydrogen) atoms. The molecule has 0 aliphatic carbocycles. The lowest BCUT2D eigenvalue weighted by atomic mass is 10.1. The molecule has 0 radical (unpaired) electrons. The highest BCUT2D eigenvalue weighted by Gasteiger charge is 2.05. The third-order valence-electron chi connectivity index (χ3n) is 3.35. The summed E-state index contributed by atoms with van der Waals surface area (Å²) in [6.45, 7) is 0. The molecule has 0 atom stereocenters. The number of hydrogen-bond acceptors (Lipinski definition) is 4. The molecule has 1 amide bonds. The van der Waals surface area contributed by atoms with Crippen LogP contribution in [0.1, 0.15) is 6.42 Å². The quantitative estimate of drug-likeness (QED) is 0.540. The average molecular weight is 335 g/mol. The van der Waals surface area contributed by atoms with E-state index in [1.165, 1.54) is 0 Å². The van der Waals surface area contributed by atoms with Crippen LogP contribution in [0.4, 0.5) is 5.69 Å².